The molecule has 2 unspecified atom stereocenters. The summed E-state index contributed by atoms with van der Waals surface area (Å²) in [5.41, 5.74) is 1.03. The van der Waals surface area contributed by atoms with E-state index in [1.165, 1.54) is 0 Å². The van der Waals surface area contributed by atoms with Crippen LogP contribution in [-0.2, 0) is 14.8 Å². The van der Waals surface area contributed by atoms with E-state index < -0.39 is 10.0 Å². The third-order valence-corrected chi connectivity index (χ3v) is 6.79. The Labute approximate surface area is 156 Å². The summed E-state index contributed by atoms with van der Waals surface area (Å²) in [6.45, 7) is 4.73. The van der Waals surface area contributed by atoms with Crippen LogP contribution in [-0.4, -0.2) is 51.4 Å². The van der Waals surface area contributed by atoms with Gasteiger partial charge >= 0.3 is 0 Å². The lowest BCUT2D eigenvalue weighted by Gasteiger charge is -2.33. The maximum atomic E-state index is 12.5. The van der Waals surface area contributed by atoms with E-state index in [4.69, 9.17) is 0 Å². The van der Waals surface area contributed by atoms with Crippen LogP contribution < -0.4 is 10.0 Å². The Morgan fingerprint density at radius 1 is 1.23 bits per heavy atom. The highest BCUT2D eigenvalue weighted by Crippen LogP contribution is 2.19. The number of carbonyl (C=O) groups is 1. The zero-order valence-corrected chi connectivity index (χ0v) is 16.2. The normalized spacial score (nSPS) is 24.0. The fraction of sp³-hybridized carbons (Fsp3) is 0.632. The number of hydrogen-bond donors (Lipinski definition) is 2. The third kappa shape index (κ3) is 5.05. The Bertz CT molecular complexity index is 712. The van der Waals surface area contributed by atoms with E-state index in [0.717, 1.165) is 44.3 Å². The molecule has 2 aliphatic rings. The standard InChI is InChI=1S/C19H29N3O3S/c1-15-6-8-18(9-7-15)26(24,25)21-13-16-4-3-11-22(14-16)19(23)12-17-5-2-10-20-17/h6-9,16-17,20-21H,2-5,10-14H2,1H3. The van der Waals surface area contributed by atoms with Crippen molar-refractivity contribution in [3.63, 3.8) is 0 Å². The molecular formula is C19H29N3O3S. The van der Waals surface area contributed by atoms with Crippen LogP contribution >= 0.6 is 0 Å². The summed E-state index contributed by atoms with van der Waals surface area (Å²) in [5.74, 6) is 0.361. The first-order valence-electron chi connectivity index (χ1n) is 9.51. The highest BCUT2D eigenvalue weighted by atomic mass is 32.2. The summed E-state index contributed by atoms with van der Waals surface area (Å²) in [6.07, 6.45) is 4.64. The van der Waals surface area contributed by atoms with E-state index >= 15 is 0 Å². The molecule has 144 valence electrons. The molecule has 2 N–H and O–H groups in total. The maximum absolute atomic E-state index is 12.5. The minimum absolute atomic E-state index is 0.171. The maximum Gasteiger partial charge on any atom is 0.240 e. The van der Waals surface area contributed by atoms with Gasteiger partial charge in [0.15, 0.2) is 0 Å². The molecule has 6 nitrogen and oxygen atoms in total. The Hall–Kier alpha value is -1.44. The van der Waals surface area contributed by atoms with Crippen LogP contribution in [0.5, 0.6) is 0 Å². The lowest BCUT2D eigenvalue weighted by molar-refractivity contribution is -0.133. The highest BCUT2D eigenvalue weighted by molar-refractivity contribution is 7.89. The second-order valence-corrected chi connectivity index (χ2v) is 9.28. The molecule has 0 saturated carbocycles. The van der Waals surface area contributed by atoms with Crippen LogP contribution in [0.1, 0.15) is 37.7 Å². The molecule has 2 fully saturated rings. The number of aryl methyl sites for hydroxylation is 1. The molecule has 1 amide bonds. The summed E-state index contributed by atoms with van der Waals surface area (Å²) in [7, 11) is -3.50. The van der Waals surface area contributed by atoms with Gasteiger partial charge in [0.2, 0.25) is 15.9 Å². The van der Waals surface area contributed by atoms with Crippen molar-refractivity contribution in [2.24, 2.45) is 5.92 Å². The van der Waals surface area contributed by atoms with Gasteiger partial charge < -0.3 is 10.2 Å². The average molecular weight is 380 g/mol. The van der Waals surface area contributed by atoms with Gasteiger partial charge in [-0.25, -0.2) is 13.1 Å². The summed E-state index contributed by atoms with van der Waals surface area (Å²) in [6, 6.07) is 7.16. The van der Waals surface area contributed by atoms with Gasteiger partial charge in [0, 0.05) is 32.1 Å². The van der Waals surface area contributed by atoms with E-state index in [0.29, 0.717) is 30.4 Å². The molecular weight excluding hydrogens is 350 g/mol. The van der Waals surface area contributed by atoms with Crippen molar-refractivity contribution < 1.29 is 13.2 Å². The number of likely N-dealkylation sites (tertiary alicyclic amines) is 1. The number of carbonyl (C=O) groups excluding carboxylic acids is 1. The first kappa shape index (κ1) is 19.3. The van der Waals surface area contributed by atoms with Crippen LogP contribution in [0, 0.1) is 12.8 Å². The Morgan fingerprint density at radius 2 is 2.00 bits per heavy atom. The molecule has 0 spiro atoms. The van der Waals surface area contributed by atoms with Crippen molar-refractivity contribution in [1.82, 2.24) is 14.9 Å². The van der Waals surface area contributed by atoms with Crippen LogP contribution in [0.4, 0.5) is 0 Å². The van der Waals surface area contributed by atoms with Gasteiger partial charge in [0.05, 0.1) is 4.90 Å². The predicted octanol–water partition coefficient (Wildman–Crippen LogP) is 1.65. The number of nitrogens with zero attached hydrogens (tertiary/aromatic N) is 1. The Kier molecular flexibility index (Phi) is 6.32. The third-order valence-electron chi connectivity index (χ3n) is 5.35. The molecule has 0 aromatic heterocycles. The predicted molar refractivity (Wildman–Crippen MR) is 101 cm³/mol. The second kappa shape index (κ2) is 8.50. The van der Waals surface area contributed by atoms with E-state index in [9.17, 15) is 13.2 Å². The molecule has 0 bridgehead atoms. The molecule has 2 atom stereocenters. The molecule has 2 saturated heterocycles. The first-order valence-corrected chi connectivity index (χ1v) is 11.0. The van der Waals surface area contributed by atoms with Gasteiger partial charge in [-0.1, -0.05) is 17.7 Å². The van der Waals surface area contributed by atoms with Crippen LogP contribution in [0.3, 0.4) is 0 Å². The van der Waals surface area contributed by atoms with Crippen LogP contribution in [0.15, 0.2) is 29.2 Å². The average Bonchev–Trinajstić information content (AvgIpc) is 3.14. The van der Waals surface area contributed by atoms with Crippen LogP contribution in [0.25, 0.3) is 0 Å². The van der Waals surface area contributed by atoms with E-state index in [-0.39, 0.29) is 11.8 Å². The summed E-state index contributed by atoms with van der Waals surface area (Å²) in [5, 5.41) is 3.37. The van der Waals surface area contributed by atoms with Gasteiger partial charge in [-0.15, -0.1) is 0 Å². The van der Waals surface area contributed by atoms with Gasteiger partial charge in [-0.05, 0) is 57.2 Å². The Balaban J connectivity index is 1.51. The van der Waals surface area contributed by atoms with Crippen molar-refractivity contribution in [2.75, 3.05) is 26.2 Å². The van der Waals surface area contributed by atoms with E-state index in [1.54, 1.807) is 24.3 Å². The van der Waals surface area contributed by atoms with Crippen molar-refractivity contribution in [3.05, 3.63) is 29.8 Å². The highest BCUT2D eigenvalue weighted by Gasteiger charge is 2.27. The minimum Gasteiger partial charge on any atom is -0.342 e. The van der Waals surface area contributed by atoms with E-state index in [2.05, 4.69) is 10.0 Å². The summed E-state index contributed by atoms with van der Waals surface area (Å²) < 4.78 is 27.6. The van der Waals surface area contributed by atoms with Gasteiger partial charge in [0.1, 0.15) is 0 Å². The molecule has 0 radical (unpaired) electrons. The minimum atomic E-state index is -3.50. The SMILES string of the molecule is Cc1ccc(S(=O)(=O)NCC2CCCN(C(=O)CC3CCCN3)C2)cc1. The quantitative estimate of drug-likeness (QED) is 0.788. The fourth-order valence-corrected chi connectivity index (χ4v) is 4.87. The molecule has 2 heterocycles. The van der Waals surface area contributed by atoms with Crippen LogP contribution in [0.2, 0.25) is 0 Å². The fourth-order valence-electron chi connectivity index (χ4n) is 3.76. The molecule has 1 aromatic rings. The number of sulfonamides is 1. The lowest BCUT2D eigenvalue weighted by atomic mass is 9.97. The summed E-state index contributed by atoms with van der Waals surface area (Å²) in [4.78, 5) is 14.7. The van der Waals surface area contributed by atoms with Crippen molar-refractivity contribution in [2.45, 2.75) is 50.0 Å². The Morgan fingerprint density at radius 3 is 2.69 bits per heavy atom. The zero-order valence-electron chi connectivity index (χ0n) is 15.4. The zero-order chi connectivity index (χ0) is 18.6. The number of piperidine rings is 1. The smallest absolute Gasteiger partial charge is 0.240 e. The number of hydrogen-bond acceptors (Lipinski definition) is 4. The molecule has 7 heteroatoms. The van der Waals surface area contributed by atoms with Gasteiger partial charge in [-0.3, -0.25) is 4.79 Å². The molecule has 2 aliphatic heterocycles. The molecule has 1 aromatic carbocycles. The van der Waals surface area contributed by atoms with Crippen molar-refractivity contribution in [1.29, 1.82) is 0 Å². The summed E-state index contributed by atoms with van der Waals surface area (Å²) >= 11 is 0. The largest absolute Gasteiger partial charge is 0.342 e. The molecule has 3 rings (SSSR count). The number of rotatable bonds is 6. The van der Waals surface area contributed by atoms with Gasteiger partial charge in [-0.2, -0.15) is 0 Å². The molecule has 0 aliphatic carbocycles. The number of benzene rings is 1. The second-order valence-electron chi connectivity index (χ2n) is 7.51. The first-order chi connectivity index (χ1) is 12.4. The topological polar surface area (TPSA) is 78.5 Å². The molecule has 26 heavy (non-hydrogen) atoms. The van der Waals surface area contributed by atoms with Crippen molar-refractivity contribution in [3.8, 4) is 0 Å². The number of amides is 1. The van der Waals surface area contributed by atoms with Gasteiger partial charge in [0.25, 0.3) is 0 Å². The number of nitrogens with one attached hydrogen (secondary N) is 2. The lowest BCUT2D eigenvalue weighted by Crippen LogP contribution is -2.45. The van der Waals surface area contributed by atoms with Crippen molar-refractivity contribution >= 4 is 15.9 Å². The van der Waals surface area contributed by atoms with E-state index in [1.807, 2.05) is 11.8 Å². The monoisotopic (exact) mass is 379 g/mol.